The minimum atomic E-state index is 0.931. The average Bonchev–Trinajstić information content (AvgIpc) is 2.04. The van der Waals surface area contributed by atoms with E-state index in [1.54, 1.807) is 18.5 Å². The van der Waals surface area contributed by atoms with Gasteiger partial charge in [0, 0.05) is 23.7 Å². The Morgan fingerprint density at radius 2 is 2.33 bits per heavy atom. The van der Waals surface area contributed by atoms with Crippen molar-refractivity contribution in [3.63, 3.8) is 0 Å². The van der Waals surface area contributed by atoms with Gasteiger partial charge >= 0.3 is 0 Å². The summed E-state index contributed by atoms with van der Waals surface area (Å²) in [5.74, 6) is 0. The summed E-state index contributed by atoms with van der Waals surface area (Å²) in [5.41, 5.74) is 2.93. The van der Waals surface area contributed by atoms with Gasteiger partial charge in [0.05, 0.1) is 5.69 Å². The number of aliphatic imine (C=N–C) groups is 1. The first-order valence-electron chi connectivity index (χ1n) is 3.82. The standard InChI is InChI=1S/C10H12N2/c1-4-9-7-11-6-5-10(9)12-8(2)3/h4-7H,1H2,2-3H3. The van der Waals surface area contributed by atoms with Gasteiger partial charge in [0.15, 0.2) is 0 Å². The quantitative estimate of drug-likeness (QED) is 0.611. The van der Waals surface area contributed by atoms with Crippen LogP contribution in [0.5, 0.6) is 0 Å². The predicted octanol–water partition coefficient (Wildman–Crippen LogP) is 2.84. The summed E-state index contributed by atoms with van der Waals surface area (Å²) in [4.78, 5) is 8.32. The highest BCUT2D eigenvalue weighted by molar-refractivity contribution is 5.83. The van der Waals surface area contributed by atoms with Crippen LogP contribution in [0.2, 0.25) is 0 Å². The highest BCUT2D eigenvalue weighted by Crippen LogP contribution is 2.18. The number of rotatable bonds is 2. The smallest absolute Gasteiger partial charge is 0.0731 e. The third-order valence-electron chi connectivity index (χ3n) is 1.39. The molecule has 0 bridgehead atoms. The van der Waals surface area contributed by atoms with E-state index in [0.29, 0.717) is 0 Å². The molecule has 0 N–H and O–H groups in total. The number of pyridine rings is 1. The second kappa shape index (κ2) is 3.81. The molecule has 2 nitrogen and oxygen atoms in total. The SMILES string of the molecule is C=Cc1cnccc1N=C(C)C. The Balaban J connectivity index is 3.14. The van der Waals surface area contributed by atoms with Crippen molar-refractivity contribution < 1.29 is 0 Å². The maximum Gasteiger partial charge on any atom is 0.0731 e. The lowest BCUT2D eigenvalue weighted by Crippen LogP contribution is -1.82. The molecule has 0 saturated heterocycles. The Bertz CT molecular complexity index is 309. The predicted molar refractivity (Wildman–Crippen MR) is 52.8 cm³/mol. The van der Waals surface area contributed by atoms with E-state index in [-0.39, 0.29) is 0 Å². The fourth-order valence-electron chi connectivity index (χ4n) is 0.899. The van der Waals surface area contributed by atoms with Crippen LogP contribution in [0, 0.1) is 0 Å². The Labute approximate surface area is 72.7 Å². The van der Waals surface area contributed by atoms with Crippen LogP contribution in [-0.2, 0) is 0 Å². The van der Waals surface area contributed by atoms with Crippen LogP contribution in [0.15, 0.2) is 30.0 Å². The summed E-state index contributed by atoms with van der Waals surface area (Å²) in [6.07, 6.45) is 5.25. The molecule has 0 saturated carbocycles. The highest BCUT2D eigenvalue weighted by atomic mass is 14.8. The average molecular weight is 160 g/mol. The Morgan fingerprint density at radius 3 is 2.92 bits per heavy atom. The van der Waals surface area contributed by atoms with Crippen molar-refractivity contribution in [3.8, 4) is 0 Å². The van der Waals surface area contributed by atoms with Crippen LogP contribution in [0.25, 0.3) is 6.08 Å². The van der Waals surface area contributed by atoms with Gasteiger partial charge in [-0.25, -0.2) is 0 Å². The van der Waals surface area contributed by atoms with Crippen molar-refractivity contribution in [1.29, 1.82) is 0 Å². The van der Waals surface area contributed by atoms with Crippen LogP contribution >= 0.6 is 0 Å². The van der Waals surface area contributed by atoms with E-state index in [1.807, 2.05) is 19.9 Å². The van der Waals surface area contributed by atoms with E-state index in [9.17, 15) is 0 Å². The molecule has 0 radical (unpaired) electrons. The molecule has 0 unspecified atom stereocenters. The zero-order valence-corrected chi connectivity index (χ0v) is 7.41. The van der Waals surface area contributed by atoms with Gasteiger partial charge in [0.25, 0.3) is 0 Å². The summed E-state index contributed by atoms with van der Waals surface area (Å²) < 4.78 is 0. The minimum absolute atomic E-state index is 0.931. The first-order chi connectivity index (χ1) is 5.74. The normalized spacial score (nSPS) is 9.17. The van der Waals surface area contributed by atoms with Gasteiger partial charge in [-0.3, -0.25) is 9.98 Å². The summed E-state index contributed by atoms with van der Waals surface area (Å²) in [6, 6.07) is 1.88. The lowest BCUT2D eigenvalue weighted by atomic mass is 10.2. The molecule has 62 valence electrons. The van der Waals surface area contributed by atoms with Crippen LogP contribution < -0.4 is 0 Å². The molecule has 0 aliphatic rings. The van der Waals surface area contributed by atoms with Crippen molar-refractivity contribution in [3.05, 3.63) is 30.6 Å². The van der Waals surface area contributed by atoms with E-state index >= 15 is 0 Å². The fraction of sp³-hybridized carbons (Fsp3) is 0.200. The second-order valence-corrected chi connectivity index (χ2v) is 2.70. The van der Waals surface area contributed by atoms with Gasteiger partial charge in [-0.15, -0.1) is 0 Å². The van der Waals surface area contributed by atoms with E-state index in [1.165, 1.54) is 0 Å². The molecular weight excluding hydrogens is 148 g/mol. The topological polar surface area (TPSA) is 25.2 Å². The molecule has 0 spiro atoms. The van der Waals surface area contributed by atoms with E-state index < -0.39 is 0 Å². The van der Waals surface area contributed by atoms with Gasteiger partial charge in [-0.1, -0.05) is 12.7 Å². The molecule has 1 rings (SSSR count). The molecule has 1 heterocycles. The molecule has 0 atom stereocenters. The van der Waals surface area contributed by atoms with Crippen LogP contribution in [0.4, 0.5) is 5.69 Å². The second-order valence-electron chi connectivity index (χ2n) is 2.70. The van der Waals surface area contributed by atoms with Crippen molar-refractivity contribution >= 4 is 17.5 Å². The number of hydrogen-bond acceptors (Lipinski definition) is 2. The highest BCUT2D eigenvalue weighted by Gasteiger charge is 1.94. The molecule has 2 heteroatoms. The summed E-state index contributed by atoms with van der Waals surface area (Å²) >= 11 is 0. The van der Waals surface area contributed by atoms with Gasteiger partial charge in [-0.05, 0) is 19.9 Å². The van der Waals surface area contributed by atoms with Gasteiger partial charge in [0.2, 0.25) is 0 Å². The summed E-state index contributed by atoms with van der Waals surface area (Å²) in [7, 11) is 0. The largest absolute Gasteiger partial charge is 0.264 e. The van der Waals surface area contributed by atoms with Crippen molar-refractivity contribution in [2.24, 2.45) is 4.99 Å². The van der Waals surface area contributed by atoms with Crippen molar-refractivity contribution in [2.45, 2.75) is 13.8 Å². The molecule has 12 heavy (non-hydrogen) atoms. The molecular formula is C10H12N2. The summed E-state index contributed by atoms with van der Waals surface area (Å²) in [5, 5.41) is 0. The molecule has 0 aromatic carbocycles. The molecule has 0 aliphatic carbocycles. The van der Waals surface area contributed by atoms with Gasteiger partial charge < -0.3 is 0 Å². The maximum absolute atomic E-state index is 4.34. The maximum atomic E-state index is 4.34. The van der Waals surface area contributed by atoms with E-state index in [0.717, 1.165) is 17.0 Å². The third-order valence-corrected chi connectivity index (χ3v) is 1.39. The Morgan fingerprint density at radius 1 is 1.58 bits per heavy atom. The fourth-order valence-corrected chi connectivity index (χ4v) is 0.899. The number of nitrogens with zero attached hydrogens (tertiary/aromatic N) is 2. The van der Waals surface area contributed by atoms with Crippen molar-refractivity contribution in [2.75, 3.05) is 0 Å². The van der Waals surface area contributed by atoms with Crippen LogP contribution in [0.3, 0.4) is 0 Å². The third kappa shape index (κ3) is 2.02. The monoisotopic (exact) mass is 160 g/mol. The van der Waals surface area contributed by atoms with Crippen molar-refractivity contribution in [1.82, 2.24) is 4.98 Å². The van der Waals surface area contributed by atoms with Gasteiger partial charge in [-0.2, -0.15) is 0 Å². The first-order valence-corrected chi connectivity index (χ1v) is 3.82. The zero-order chi connectivity index (χ0) is 8.97. The summed E-state index contributed by atoms with van der Waals surface area (Å²) in [6.45, 7) is 7.62. The van der Waals surface area contributed by atoms with E-state index in [4.69, 9.17) is 0 Å². The van der Waals surface area contributed by atoms with Crippen LogP contribution in [0.1, 0.15) is 19.4 Å². The molecule has 1 aromatic heterocycles. The molecule has 1 aromatic rings. The molecule has 0 amide bonds. The molecule has 0 aliphatic heterocycles. The zero-order valence-electron chi connectivity index (χ0n) is 7.41. The van der Waals surface area contributed by atoms with E-state index in [2.05, 4.69) is 16.6 Å². The number of hydrogen-bond donors (Lipinski definition) is 0. The number of aromatic nitrogens is 1. The Hall–Kier alpha value is -1.44. The molecule has 0 fully saturated rings. The Kier molecular flexibility index (Phi) is 2.75. The van der Waals surface area contributed by atoms with Crippen LogP contribution in [-0.4, -0.2) is 10.7 Å². The first kappa shape index (κ1) is 8.65. The lowest BCUT2D eigenvalue weighted by Gasteiger charge is -1.98. The van der Waals surface area contributed by atoms with Gasteiger partial charge in [0.1, 0.15) is 0 Å². The lowest BCUT2D eigenvalue weighted by molar-refractivity contribution is 1.30. The minimum Gasteiger partial charge on any atom is -0.264 e.